The molecule has 0 bridgehead atoms. The number of ketones is 1. The molecule has 3 N–H and O–H groups in total. The van der Waals surface area contributed by atoms with E-state index in [1.54, 1.807) is 26.1 Å². The predicted octanol–water partition coefficient (Wildman–Crippen LogP) is 5.73. The number of rotatable bonds is 14. The maximum Gasteiger partial charge on any atom is 0.227 e. The molecule has 4 amide bonds. The van der Waals surface area contributed by atoms with Crippen molar-refractivity contribution in [3.05, 3.63) is 0 Å². The van der Waals surface area contributed by atoms with E-state index in [1.165, 1.54) is 6.92 Å². The topological polar surface area (TPSA) is 134 Å². The van der Waals surface area contributed by atoms with Crippen LogP contribution in [0.15, 0.2) is 0 Å². The molecule has 0 heterocycles. The zero-order valence-corrected chi connectivity index (χ0v) is 31.4. The largest absolute Gasteiger partial charge is 0.364 e. The summed E-state index contributed by atoms with van der Waals surface area (Å²) in [5, 5.41) is 8.40. The Morgan fingerprint density at radius 1 is 0.750 bits per heavy atom. The van der Waals surface area contributed by atoms with Crippen molar-refractivity contribution in [1.82, 2.24) is 20.9 Å². The summed E-state index contributed by atoms with van der Waals surface area (Å²) in [5.41, 5.74) is -0.703. The zero-order valence-electron chi connectivity index (χ0n) is 31.4. The minimum atomic E-state index is -0.424. The summed E-state index contributed by atoms with van der Waals surface area (Å²) in [7, 11) is 5.13. The van der Waals surface area contributed by atoms with Gasteiger partial charge in [0.25, 0.3) is 0 Å². The highest BCUT2D eigenvalue weighted by atomic mass is 16.5. The number of amides is 4. The SMILES string of the molecule is CCC(C)(C)C(=O)NCOC.CCC(C)C(=O)N(C)C.CCC(C)C(=O)NC(C)(C)CC(C)=O.CCC(C)C(=O)NC(C)C. The van der Waals surface area contributed by atoms with Crippen LogP contribution in [0.1, 0.15) is 129 Å². The summed E-state index contributed by atoms with van der Waals surface area (Å²) < 4.78 is 4.72. The van der Waals surface area contributed by atoms with Crippen LogP contribution >= 0.6 is 0 Å². The molecule has 0 aliphatic rings. The summed E-state index contributed by atoms with van der Waals surface area (Å²) in [6, 6.07) is 0.265. The lowest BCUT2D eigenvalue weighted by molar-refractivity contribution is -0.132. The molecule has 10 nitrogen and oxygen atoms in total. The Kier molecular flexibility index (Phi) is 28.4. The first-order chi connectivity index (χ1) is 20.0. The van der Waals surface area contributed by atoms with Crippen LogP contribution in [0, 0.1) is 23.2 Å². The van der Waals surface area contributed by atoms with Crippen LogP contribution in [0.4, 0.5) is 0 Å². The molecule has 0 saturated heterocycles. The molecule has 0 aliphatic carbocycles. The summed E-state index contributed by atoms with van der Waals surface area (Å²) in [6.45, 7) is 27.1. The van der Waals surface area contributed by atoms with E-state index < -0.39 is 5.54 Å². The molecular formula is C34H70N4O6. The number of hydrogen-bond acceptors (Lipinski definition) is 6. The number of nitrogens with one attached hydrogen (secondary N) is 3. The third-order valence-corrected chi connectivity index (χ3v) is 7.05. The fourth-order valence-electron chi connectivity index (χ4n) is 3.07. The summed E-state index contributed by atoms with van der Waals surface area (Å²) in [4.78, 5) is 57.4. The van der Waals surface area contributed by atoms with Crippen molar-refractivity contribution >= 4 is 29.4 Å². The molecular weight excluding hydrogens is 560 g/mol. The molecule has 0 rings (SSSR count). The van der Waals surface area contributed by atoms with E-state index in [0.717, 1.165) is 25.7 Å². The molecule has 10 heteroatoms. The fraction of sp³-hybridized carbons (Fsp3) is 0.853. The molecule has 0 fully saturated rings. The van der Waals surface area contributed by atoms with Crippen LogP contribution in [0.2, 0.25) is 0 Å². The maximum atomic E-state index is 11.5. The van der Waals surface area contributed by atoms with Gasteiger partial charge in [-0.15, -0.1) is 0 Å². The Labute approximate surface area is 270 Å². The lowest BCUT2D eigenvalue weighted by Gasteiger charge is -2.26. The van der Waals surface area contributed by atoms with E-state index in [0.29, 0.717) is 13.2 Å². The lowest BCUT2D eigenvalue weighted by atomic mass is 9.89. The van der Waals surface area contributed by atoms with Crippen molar-refractivity contribution < 1.29 is 28.7 Å². The van der Waals surface area contributed by atoms with Crippen LogP contribution in [-0.2, 0) is 28.7 Å². The number of ether oxygens (including phenoxy) is 1. The van der Waals surface area contributed by atoms with Gasteiger partial charge in [-0.1, -0.05) is 62.3 Å². The second-order valence-electron chi connectivity index (χ2n) is 13.3. The normalized spacial score (nSPS) is 12.8. The van der Waals surface area contributed by atoms with E-state index in [-0.39, 0.29) is 58.6 Å². The van der Waals surface area contributed by atoms with Crippen LogP contribution in [0.3, 0.4) is 0 Å². The van der Waals surface area contributed by atoms with Crippen molar-refractivity contribution in [3.63, 3.8) is 0 Å². The lowest BCUT2D eigenvalue weighted by Crippen LogP contribution is -2.46. The van der Waals surface area contributed by atoms with Gasteiger partial charge in [0.15, 0.2) is 0 Å². The van der Waals surface area contributed by atoms with Gasteiger partial charge in [-0.05, 0) is 60.3 Å². The third-order valence-electron chi connectivity index (χ3n) is 7.05. The highest BCUT2D eigenvalue weighted by Gasteiger charge is 2.25. The van der Waals surface area contributed by atoms with E-state index in [1.807, 2.05) is 90.0 Å². The zero-order chi connectivity index (χ0) is 35.8. The summed E-state index contributed by atoms with van der Waals surface area (Å²) >= 11 is 0. The van der Waals surface area contributed by atoms with Crippen molar-refractivity contribution in [1.29, 1.82) is 0 Å². The molecule has 3 atom stereocenters. The summed E-state index contributed by atoms with van der Waals surface area (Å²) in [5.74, 6) is 0.902. The quantitative estimate of drug-likeness (QED) is 0.210. The first kappa shape index (κ1) is 48.4. The number of Topliss-reactive ketones (excluding diaryl/α,β-unsaturated/α-hetero) is 1. The standard InChI is InChI=1S/C11H21NO2.C8H17NO2.C8H17NO.C7H15NO/c1-6-8(2)10(14)12-11(4,5)7-9(3)13;1-5-8(2,3)7(10)9-6-11-4;1-5-7(4)8(10)9-6(2)3;1-5-6(2)7(9)8(3)4/h8H,6-7H2,1-5H3,(H,12,14);5-6H2,1-4H3,(H,9,10);6-7H,5H2,1-4H3,(H,9,10);6H,5H2,1-4H3. The third kappa shape index (κ3) is 27.1. The average Bonchev–Trinajstić information content (AvgIpc) is 2.93. The van der Waals surface area contributed by atoms with Gasteiger partial charge in [-0.25, -0.2) is 0 Å². The van der Waals surface area contributed by atoms with E-state index in [9.17, 15) is 24.0 Å². The minimum absolute atomic E-state index is 0.0150. The second kappa shape index (κ2) is 25.8. The number of carbonyl (C=O) groups excluding carboxylic acids is 5. The molecule has 0 aliphatic heterocycles. The molecule has 0 aromatic heterocycles. The highest BCUT2D eigenvalue weighted by molar-refractivity contribution is 5.82. The molecule has 0 aromatic rings. The van der Waals surface area contributed by atoms with Gasteiger partial charge >= 0.3 is 0 Å². The first-order valence-electron chi connectivity index (χ1n) is 16.1. The van der Waals surface area contributed by atoms with Gasteiger partial charge in [0, 0.05) is 62.4 Å². The van der Waals surface area contributed by atoms with Crippen LogP contribution in [-0.4, -0.2) is 73.8 Å². The Morgan fingerprint density at radius 2 is 1.18 bits per heavy atom. The van der Waals surface area contributed by atoms with Crippen molar-refractivity contribution in [2.75, 3.05) is 27.9 Å². The first-order valence-corrected chi connectivity index (χ1v) is 16.1. The molecule has 0 saturated carbocycles. The van der Waals surface area contributed by atoms with Crippen LogP contribution in [0.5, 0.6) is 0 Å². The molecule has 0 spiro atoms. The Balaban J connectivity index is -0.000000246. The predicted molar refractivity (Wildman–Crippen MR) is 182 cm³/mol. The molecule has 3 unspecified atom stereocenters. The van der Waals surface area contributed by atoms with E-state index in [4.69, 9.17) is 4.74 Å². The minimum Gasteiger partial charge on any atom is -0.364 e. The Morgan fingerprint density at radius 3 is 1.48 bits per heavy atom. The number of nitrogens with zero attached hydrogens (tertiary/aromatic N) is 1. The Hall–Kier alpha value is -2.49. The van der Waals surface area contributed by atoms with Gasteiger partial charge in [-0.3, -0.25) is 24.0 Å². The second-order valence-corrected chi connectivity index (χ2v) is 13.3. The van der Waals surface area contributed by atoms with Crippen molar-refractivity contribution in [2.45, 2.75) is 141 Å². The molecule has 44 heavy (non-hydrogen) atoms. The van der Waals surface area contributed by atoms with Crippen LogP contribution < -0.4 is 16.0 Å². The highest BCUT2D eigenvalue weighted by Crippen LogP contribution is 2.19. The van der Waals surface area contributed by atoms with Gasteiger partial charge in [0.2, 0.25) is 23.6 Å². The van der Waals surface area contributed by atoms with E-state index >= 15 is 0 Å². The molecule has 0 radical (unpaired) electrons. The van der Waals surface area contributed by atoms with Gasteiger partial charge in [-0.2, -0.15) is 0 Å². The molecule has 262 valence electrons. The molecule has 0 aromatic carbocycles. The van der Waals surface area contributed by atoms with Crippen molar-refractivity contribution in [2.24, 2.45) is 23.2 Å². The van der Waals surface area contributed by atoms with Gasteiger partial charge < -0.3 is 25.6 Å². The van der Waals surface area contributed by atoms with Gasteiger partial charge in [0.05, 0.1) is 0 Å². The number of methoxy groups -OCH3 is 1. The van der Waals surface area contributed by atoms with Gasteiger partial charge in [0.1, 0.15) is 12.5 Å². The Bertz CT molecular complexity index is 825. The number of hydrogen-bond donors (Lipinski definition) is 3. The number of carbonyl (C=O) groups is 5. The smallest absolute Gasteiger partial charge is 0.227 e. The average molecular weight is 631 g/mol. The van der Waals surface area contributed by atoms with Crippen molar-refractivity contribution in [3.8, 4) is 0 Å². The fourth-order valence-corrected chi connectivity index (χ4v) is 3.07. The van der Waals surface area contributed by atoms with Crippen LogP contribution in [0.25, 0.3) is 0 Å². The monoisotopic (exact) mass is 631 g/mol. The summed E-state index contributed by atoms with van der Waals surface area (Å²) in [6.07, 6.45) is 3.88. The van der Waals surface area contributed by atoms with E-state index in [2.05, 4.69) is 16.0 Å². The maximum absolute atomic E-state index is 11.5.